The number of fused-ring (bicyclic) bond motifs is 1. The number of aromatic nitrogens is 2. The van der Waals surface area contributed by atoms with Gasteiger partial charge >= 0.3 is 0 Å². The van der Waals surface area contributed by atoms with E-state index in [4.69, 9.17) is 21.0 Å². The van der Waals surface area contributed by atoms with Crippen molar-refractivity contribution < 1.29 is 18.5 Å². The Hall–Kier alpha value is -1.77. The molecule has 0 bridgehead atoms. The molecule has 1 unspecified atom stereocenters. The van der Waals surface area contributed by atoms with E-state index < -0.39 is 11.7 Å². The molecule has 0 saturated heterocycles. The first-order chi connectivity index (χ1) is 13.4. The highest BCUT2D eigenvalue weighted by atomic mass is 79.9. The van der Waals surface area contributed by atoms with Crippen molar-refractivity contribution >= 4 is 65.3 Å². The molecule has 0 aliphatic carbocycles. The van der Waals surface area contributed by atoms with Gasteiger partial charge in [0.05, 0.1) is 47.0 Å². The Kier molecular flexibility index (Phi) is 6.85. The summed E-state index contributed by atoms with van der Waals surface area (Å²) in [5, 5.41) is 3.26. The lowest BCUT2D eigenvalue weighted by molar-refractivity contribution is 0.0221. The molecule has 148 valence electrons. The minimum Gasteiger partial charge on any atom is -0.363 e. The van der Waals surface area contributed by atoms with Crippen molar-refractivity contribution in [3.63, 3.8) is 0 Å². The van der Waals surface area contributed by atoms with Crippen molar-refractivity contribution in [2.75, 3.05) is 18.5 Å². The number of hydrogen-bond acceptors (Lipinski definition) is 5. The number of nitrogens with one attached hydrogen (secondary N) is 2. The fourth-order valence-corrected chi connectivity index (χ4v) is 3.33. The van der Waals surface area contributed by atoms with E-state index in [1.54, 1.807) is 29.8 Å². The molecule has 7 nitrogen and oxygen atoms in total. The number of hydrogen-bond donors (Lipinski definition) is 2. The van der Waals surface area contributed by atoms with Gasteiger partial charge in [-0.1, -0.05) is 27.5 Å². The van der Waals surface area contributed by atoms with Crippen LogP contribution in [0.1, 0.15) is 10.4 Å². The highest BCUT2D eigenvalue weighted by Crippen LogP contribution is 2.34. The van der Waals surface area contributed by atoms with Crippen LogP contribution in [0.5, 0.6) is 0 Å². The Morgan fingerprint density at radius 2 is 2.18 bits per heavy atom. The van der Waals surface area contributed by atoms with E-state index in [1.165, 1.54) is 12.4 Å². The van der Waals surface area contributed by atoms with Gasteiger partial charge in [-0.15, -0.1) is 0 Å². The standard InChI is InChI=1S/C17H16BrClFN4O3P/c1-24-8-21-16-13(24)7-10(17(25)23-26-4-5-27-28)15(14(16)20)22-12-3-2-9(18)6-11(12)19/h2-3,6-8,22H,4-5,28H2,1H3,(H,23,25). The topological polar surface area (TPSA) is 77.4 Å². The number of benzene rings is 2. The van der Waals surface area contributed by atoms with E-state index in [0.29, 0.717) is 16.2 Å². The number of rotatable bonds is 7. The molecule has 1 atom stereocenters. The third-order valence-electron chi connectivity index (χ3n) is 3.86. The molecule has 0 aliphatic heterocycles. The maximum absolute atomic E-state index is 15.2. The molecule has 1 aromatic heterocycles. The largest absolute Gasteiger partial charge is 0.363 e. The number of aryl methyl sites for hydroxylation is 1. The Morgan fingerprint density at radius 3 is 2.89 bits per heavy atom. The van der Waals surface area contributed by atoms with Crippen molar-refractivity contribution in [3.8, 4) is 0 Å². The molecule has 0 radical (unpaired) electrons. The summed E-state index contributed by atoms with van der Waals surface area (Å²) in [7, 11) is 3.79. The first-order valence-corrected chi connectivity index (χ1v) is 9.66. The first kappa shape index (κ1) is 21.0. The maximum Gasteiger partial charge on any atom is 0.277 e. The molecular weight excluding hydrogens is 474 g/mol. The number of carbonyl (C=O) groups is 1. The number of nitrogens with zero attached hydrogens (tertiary/aromatic N) is 2. The van der Waals surface area contributed by atoms with Gasteiger partial charge in [0.15, 0.2) is 5.82 Å². The van der Waals surface area contributed by atoms with E-state index in [9.17, 15) is 4.79 Å². The Labute approximate surface area is 175 Å². The van der Waals surface area contributed by atoms with Gasteiger partial charge in [0.2, 0.25) is 0 Å². The second-order valence-corrected chi connectivity index (χ2v) is 7.39. The smallest absolute Gasteiger partial charge is 0.277 e. The minimum absolute atomic E-state index is 0.0411. The van der Waals surface area contributed by atoms with Gasteiger partial charge in [-0.2, -0.15) is 0 Å². The van der Waals surface area contributed by atoms with Gasteiger partial charge in [0.25, 0.3) is 5.91 Å². The molecule has 1 amide bonds. The Morgan fingerprint density at radius 1 is 1.39 bits per heavy atom. The molecule has 3 aromatic rings. The van der Waals surface area contributed by atoms with Crippen LogP contribution in [-0.4, -0.2) is 28.7 Å². The lowest BCUT2D eigenvalue weighted by Crippen LogP contribution is -2.26. The SMILES string of the molecule is Cn1cnc2c(F)c(Nc3ccc(Br)cc3Cl)c(C(=O)NOCCOP)cc21. The maximum atomic E-state index is 15.2. The molecule has 0 saturated carbocycles. The fourth-order valence-electron chi connectivity index (χ4n) is 2.51. The van der Waals surface area contributed by atoms with Crippen LogP contribution >= 0.6 is 37.0 Å². The summed E-state index contributed by atoms with van der Waals surface area (Å²) < 4.78 is 22.4. The highest BCUT2D eigenvalue weighted by molar-refractivity contribution is 9.10. The number of imidazole rings is 1. The van der Waals surface area contributed by atoms with Crippen molar-refractivity contribution in [1.29, 1.82) is 0 Å². The summed E-state index contributed by atoms with van der Waals surface area (Å²) in [4.78, 5) is 21.8. The lowest BCUT2D eigenvalue weighted by atomic mass is 10.1. The van der Waals surface area contributed by atoms with Crippen LogP contribution in [-0.2, 0) is 16.4 Å². The van der Waals surface area contributed by atoms with Crippen molar-refractivity contribution in [2.45, 2.75) is 0 Å². The van der Waals surface area contributed by atoms with Gasteiger partial charge in [-0.25, -0.2) is 14.9 Å². The summed E-state index contributed by atoms with van der Waals surface area (Å²) in [6.07, 6.45) is 1.47. The van der Waals surface area contributed by atoms with Crippen LogP contribution in [0.15, 0.2) is 35.1 Å². The normalized spacial score (nSPS) is 11.0. The Bertz CT molecular complexity index is 1030. The van der Waals surface area contributed by atoms with Gasteiger partial charge in [0.1, 0.15) is 5.52 Å². The molecule has 28 heavy (non-hydrogen) atoms. The van der Waals surface area contributed by atoms with Gasteiger partial charge in [-0.05, 0) is 24.3 Å². The number of anilines is 2. The van der Waals surface area contributed by atoms with E-state index in [0.717, 1.165) is 4.47 Å². The zero-order chi connectivity index (χ0) is 20.3. The predicted molar refractivity (Wildman–Crippen MR) is 112 cm³/mol. The van der Waals surface area contributed by atoms with Crippen LogP contribution in [0.3, 0.4) is 0 Å². The molecular formula is C17H16BrClFN4O3P. The van der Waals surface area contributed by atoms with Crippen molar-refractivity contribution in [2.24, 2.45) is 7.05 Å². The average molecular weight is 490 g/mol. The second-order valence-electron chi connectivity index (χ2n) is 5.74. The van der Waals surface area contributed by atoms with Crippen molar-refractivity contribution in [3.05, 3.63) is 51.5 Å². The minimum atomic E-state index is -0.671. The molecule has 2 N–H and O–H groups in total. The highest BCUT2D eigenvalue weighted by Gasteiger charge is 2.22. The Balaban J connectivity index is 2.03. The van der Waals surface area contributed by atoms with Crippen LogP contribution in [0.2, 0.25) is 5.02 Å². The van der Waals surface area contributed by atoms with Gasteiger partial charge < -0.3 is 14.4 Å². The molecule has 3 rings (SSSR count). The third kappa shape index (κ3) is 4.45. The summed E-state index contributed by atoms with van der Waals surface area (Å²) in [5.74, 6) is -1.29. The molecule has 1 heterocycles. The monoisotopic (exact) mass is 488 g/mol. The molecule has 2 aromatic carbocycles. The molecule has 11 heteroatoms. The zero-order valence-electron chi connectivity index (χ0n) is 14.6. The quantitative estimate of drug-likeness (QED) is 0.293. The zero-order valence-corrected chi connectivity index (χ0v) is 18.1. The second kappa shape index (κ2) is 9.15. The lowest BCUT2D eigenvalue weighted by Gasteiger charge is -2.15. The summed E-state index contributed by atoms with van der Waals surface area (Å²) in [6.45, 7) is 0.395. The van der Waals surface area contributed by atoms with Crippen molar-refractivity contribution in [1.82, 2.24) is 15.0 Å². The molecule has 0 fully saturated rings. The summed E-state index contributed by atoms with van der Waals surface area (Å²) in [6, 6.07) is 6.61. The average Bonchev–Trinajstić information content (AvgIpc) is 3.03. The van der Waals surface area contributed by atoms with E-state index >= 15 is 4.39 Å². The number of amides is 1. The van der Waals surface area contributed by atoms with E-state index in [1.807, 2.05) is 0 Å². The number of halogens is 3. The summed E-state index contributed by atoms with van der Waals surface area (Å²) >= 11 is 9.55. The summed E-state index contributed by atoms with van der Waals surface area (Å²) in [5.41, 5.74) is 3.30. The van der Waals surface area contributed by atoms with Crippen LogP contribution in [0.4, 0.5) is 15.8 Å². The first-order valence-electron chi connectivity index (χ1n) is 8.01. The van der Waals surface area contributed by atoms with Gasteiger partial charge in [-0.3, -0.25) is 9.63 Å². The van der Waals surface area contributed by atoms with Gasteiger partial charge in [0, 0.05) is 21.0 Å². The van der Waals surface area contributed by atoms with Crippen LogP contribution in [0, 0.1) is 5.82 Å². The fraction of sp³-hybridized carbons (Fsp3) is 0.176. The van der Waals surface area contributed by atoms with E-state index in [-0.39, 0.29) is 30.0 Å². The molecule has 0 spiro atoms. The number of hydroxylamine groups is 1. The third-order valence-corrected chi connectivity index (χ3v) is 4.91. The van der Waals surface area contributed by atoms with E-state index in [2.05, 4.69) is 41.2 Å². The number of carbonyl (C=O) groups excluding carboxylic acids is 1. The predicted octanol–water partition coefficient (Wildman–Crippen LogP) is 4.34. The molecule has 0 aliphatic rings. The van der Waals surface area contributed by atoms with Crippen LogP contribution < -0.4 is 10.8 Å². The van der Waals surface area contributed by atoms with Crippen LogP contribution in [0.25, 0.3) is 11.0 Å².